The molecular formula is C13H21N3O. The second-order valence-corrected chi connectivity index (χ2v) is 4.44. The van der Waals surface area contributed by atoms with Crippen LogP contribution in [0, 0.1) is 0 Å². The molecule has 2 heterocycles. The van der Waals surface area contributed by atoms with Crippen LogP contribution in [0.15, 0.2) is 12.3 Å². The van der Waals surface area contributed by atoms with Gasteiger partial charge in [0.15, 0.2) is 0 Å². The summed E-state index contributed by atoms with van der Waals surface area (Å²) < 4.78 is 5.71. The first-order valence-corrected chi connectivity index (χ1v) is 6.51. The van der Waals surface area contributed by atoms with Gasteiger partial charge in [-0.15, -0.1) is 0 Å². The predicted molar refractivity (Wildman–Crippen MR) is 66.7 cm³/mol. The van der Waals surface area contributed by atoms with Gasteiger partial charge >= 0.3 is 0 Å². The van der Waals surface area contributed by atoms with E-state index in [2.05, 4.69) is 22.2 Å². The zero-order chi connectivity index (χ0) is 11.9. The molecular weight excluding hydrogens is 214 g/mol. The summed E-state index contributed by atoms with van der Waals surface area (Å²) in [6, 6.07) is 1.97. The number of nitrogens with one attached hydrogen (secondary N) is 1. The first kappa shape index (κ1) is 12.5. The fourth-order valence-electron chi connectivity index (χ4n) is 2.06. The molecule has 4 heteroatoms. The Labute approximate surface area is 103 Å². The molecule has 4 nitrogen and oxygen atoms in total. The van der Waals surface area contributed by atoms with Crippen LogP contribution in [0.25, 0.3) is 0 Å². The third kappa shape index (κ3) is 4.06. The van der Waals surface area contributed by atoms with E-state index in [-0.39, 0.29) is 0 Å². The first-order chi connectivity index (χ1) is 8.38. The first-order valence-electron chi connectivity index (χ1n) is 6.51. The Morgan fingerprint density at radius 1 is 1.47 bits per heavy atom. The fourth-order valence-corrected chi connectivity index (χ4v) is 2.06. The van der Waals surface area contributed by atoms with E-state index in [1.54, 1.807) is 0 Å². The topological polar surface area (TPSA) is 47.0 Å². The van der Waals surface area contributed by atoms with Gasteiger partial charge in [-0.05, 0) is 31.9 Å². The summed E-state index contributed by atoms with van der Waals surface area (Å²) in [5, 5.41) is 3.27. The summed E-state index contributed by atoms with van der Waals surface area (Å²) in [5.41, 5.74) is 1.06. The molecule has 1 aliphatic rings. The number of hydrogen-bond donors (Lipinski definition) is 1. The van der Waals surface area contributed by atoms with Gasteiger partial charge in [-0.1, -0.05) is 6.92 Å². The minimum absolute atomic E-state index is 0.318. The van der Waals surface area contributed by atoms with E-state index >= 15 is 0 Å². The molecule has 0 aromatic carbocycles. The summed E-state index contributed by atoms with van der Waals surface area (Å²) in [4.78, 5) is 8.87. The summed E-state index contributed by atoms with van der Waals surface area (Å²) in [6.45, 7) is 4.77. The van der Waals surface area contributed by atoms with Crippen LogP contribution < -0.4 is 5.32 Å². The van der Waals surface area contributed by atoms with Crippen LogP contribution in [-0.4, -0.2) is 29.2 Å². The minimum Gasteiger partial charge on any atom is -0.378 e. The second-order valence-electron chi connectivity index (χ2n) is 4.44. The largest absolute Gasteiger partial charge is 0.378 e. The number of hydrogen-bond acceptors (Lipinski definition) is 4. The lowest BCUT2D eigenvalue weighted by atomic mass is 10.1. The van der Waals surface area contributed by atoms with Crippen LogP contribution >= 0.6 is 0 Å². The van der Waals surface area contributed by atoms with Gasteiger partial charge < -0.3 is 10.1 Å². The molecule has 1 N–H and O–H groups in total. The van der Waals surface area contributed by atoms with E-state index in [4.69, 9.17) is 4.74 Å². The third-order valence-corrected chi connectivity index (χ3v) is 3.00. The highest BCUT2D eigenvalue weighted by Crippen LogP contribution is 2.15. The maximum absolute atomic E-state index is 5.71. The van der Waals surface area contributed by atoms with Gasteiger partial charge in [0.25, 0.3) is 0 Å². The summed E-state index contributed by atoms with van der Waals surface area (Å²) in [6.07, 6.45) is 6.61. The van der Waals surface area contributed by atoms with Crippen LogP contribution in [0.5, 0.6) is 0 Å². The van der Waals surface area contributed by atoms with Gasteiger partial charge in [0, 0.05) is 25.8 Å². The number of rotatable bonds is 5. The van der Waals surface area contributed by atoms with Crippen LogP contribution in [-0.2, 0) is 17.7 Å². The molecule has 1 unspecified atom stereocenters. The number of ether oxygens (including phenoxy) is 1. The number of aromatic nitrogens is 2. The highest BCUT2D eigenvalue weighted by atomic mass is 16.5. The molecule has 0 saturated carbocycles. The van der Waals surface area contributed by atoms with Crippen LogP contribution in [0.1, 0.15) is 37.7 Å². The highest BCUT2D eigenvalue weighted by Gasteiger charge is 2.15. The molecule has 1 aromatic heterocycles. The SMILES string of the molecule is CCNCc1ccnc(CC2CCCCO2)n1. The smallest absolute Gasteiger partial charge is 0.131 e. The van der Waals surface area contributed by atoms with Crippen molar-refractivity contribution in [3.05, 3.63) is 23.8 Å². The van der Waals surface area contributed by atoms with E-state index in [1.165, 1.54) is 12.8 Å². The molecule has 0 radical (unpaired) electrons. The van der Waals surface area contributed by atoms with Gasteiger partial charge in [-0.25, -0.2) is 9.97 Å². The zero-order valence-electron chi connectivity index (χ0n) is 10.5. The Bertz CT molecular complexity index is 337. The Kier molecular flexibility index (Phi) is 4.88. The maximum Gasteiger partial charge on any atom is 0.131 e. The Balaban J connectivity index is 1.90. The summed E-state index contributed by atoms with van der Waals surface area (Å²) in [5.74, 6) is 0.910. The molecule has 1 atom stereocenters. The molecule has 0 spiro atoms. The van der Waals surface area contributed by atoms with Gasteiger partial charge in [-0.3, -0.25) is 0 Å². The normalized spacial score (nSPS) is 20.4. The van der Waals surface area contributed by atoms with Gasteiger partial charge in [0.2, 0.25) is 0 Å². The van der Waals surface area contributed by atoms with Crippen molar-refractivity contribution in [3.63, 3.8) is 0 Å². The molecule has 94 valence electrons. The van der Waals surface area contributed by atoms with Crippen molar-refractivity contribution in [2.45, 2.75) is 45.3 Å². The number of nitrogens with zero attached hydrogens (tertiary/aromatic N) is 2. The molecule has 0 aliphatic carbocycles. The molecule has 0 bridgehead atoms. The minimum atomic E-state index is 0.318. The fraction of sp³-hybridized carbons (Fsp3) is 0.692. The van der Waals surface area contributed by atoms with Crippen molar-refractivity contribution in [2.75, 3.05) is 13.2 Å². The maximum atomic E-state index is 5.71. The average Bonchev–Trinajstić information content (AvgIpc) is 2.38. The van der Waals surface area contributed by atoms with Crippen LogP contribution in [0.2, 0.25) is 0 Å². The Morgan fingerprint density at radius 3 is 3.18 bits per heavy atom. The standard InChI is InChI=1S/C13H21N3O/c1-2-14-10-11-6-7-15-13(16-11)9-12-5-3-4-8-17-12/h6-7,12,14H,2-5,8-10H2,1H3. The van der Waals surface area contributed by atoms with Crippen molar-refractivity contribution < 1.29 is 4.74 Å². The van der Waals surface area contributed by atoms with Crippen molar-refractivity contribution in [3.8, 4) is 0 Å². The molecule has 2 rings (SSSR count). The van der Waals surface area contributed by atoms with E-state index in [0.717, 1.165) is 44.1 Å². The van der Waals surface area contributed by atoms with Crippen molar-refractivity contribution in [2.24, 2.45) is 0 Å². The molecule has 17 heavy (non-hydrogen) atoms. The predicted octanol–water partition coefficient (Wildman–Crippen LogP) is 1.70. The lowest BCUT2D eigenvalue weighted by Crippen LogP contribution is -2.23. The summed E-state index contributed by atoms with van der Waals surface area (Å²) >= 11 is 0. The Morgan fingerprint density at radius 2 is 2.41 bits per heavy atom. The highest BCUT2D eigenvalue weighted by molar-refractivity contribution is 5.03. The average molecular weight is 235 g/mol. The second kappa shape index (κ2) is 6.67. The lowest BCUT2D eigenvalue weighted by molar-refractivity contribution is 0.0156. The molecule has 1 aromatic rings. The summed E-state index contributed by atoms with van der Waals surface area (Å²) in [7, 11) is 0. The van der Waals surface area contributed by atoms with Gasteiger partial charge in [0.1, 0.15) is 5.82 Å². The molecule has 1 fully saturated rings. The van der Waals surface area contributed by atoms with E-state index in [0.29, 0.717) is 6.10 Å². The van der Waals surface area contributed by atoms with Gasteiger partial charge in [0.05, 0.1) is 11.8 Å². The van der Waals surface area contributed by atoms with Crippen molar-refractivity contribution in [1.29, 1.82) is 0 Å². The molecule has 1 saturated heterocycles. The quantitative estimate of drug-likeness (QED) is 0.844. The van der Waals surface area contributed by atoms with E-state index < -0.39 is 0 Å². The van der Waals surface area contributed by atoms with E-state index in [9.17, 15) is 0 Å². The monoisotopic (exact) mass is 235 g/mol. The van der Waals surface area contributed by atoms with Crippen LogP contribution in [0.3, 0.4) is 0 Å². The van der Waals surface area contributed by atoms with E-state index in [1.807, 2.05) is 12.3 Å². The molecule has 1 aliphatic heterocycles. The molecule has 0 amide bonds. The van der Waals surface area contributed by atoms with Crippen molar-refractivity contribution in [1.82, 2.24) is 15.3 Å². The van der Waals surface area contributed by atoms with Crippen LogP contribution in [0.4, 0.5) is 0 Å². The Hall–Kier alpha value is -1.00. The zero-order valence-corrected chi connectivity index (χ0v) is 10.5. The third-order valence-electron chi connectivity index (χ3n) is 3.00. The van der Waals surface area contributed by atoms with Crippen molar-refractivity contribution >= 4 is 0 Å². The lowest BCUT2D eigenvalue weighted by Gasteiger charge is -2.21. The van der Waals surface area contributed by atoms with Gasteiger partial charge in [-0.2, -0.15) is 0 Å².